The van der Waals surface area contributed by atoms with E-state index >= 15 is 0 Å². The Labute approximate surface area is 353 Å². The van der Waals surface area contributed by atoms with Gasteiger partial charge in [0.2, 0.25) is 53.2 Å². The highest BCUT2D eigenvalue weighted by molar-refractivity contribution is 6.00. The maximum atomic E-state index is 13.8. The second-order valence-corrected chi connectivity index (χ2v) is 14.6. The molecule has 61 heavy (non-hydrogen) atoms. The van der Waals surface area contributed by atoms with Crippen LogP contribution in [0.5, 0.6) is 0 Å². The van der Waals surface area contributed by atoms with Crippen LogP contribution in [0.4, 0.5) is 0 Å². The van der Waals surface area contributed by atoms with Crippen molar-refractivity contribution >= 4 is 59.1 Å². The summed E-state index contributed by atoms with van der Waals surface area (Å²) in [4.78, 5) is 126. The molecule has 0 heterocycles. The number of carbonyl (C=O) groups is 10. The van der Waals surface area contributed by atoms with E-state index in [-0.39, 0.29) is 24.7 Å². The van der Waals surface area contributed by atoms with Crippen LogP contribution >= 0.6 is 0 Å². The van der Waals surface area contributed by atoms with Gasteiger partial charge < -0.3 is 53.4 Å². The summed E-state index contributed by atoms with van der Waals surface area (Å²) in [5.41, 5.74) is 6.45. The van der Waals surface area contributed by atoms with E-state index in [4.69, 9.17) is 5.73 Å². The second kappa shape index (κ2) is 25.4. The number of carboxylic acids is 1. The van der Waals surface area contributed by atoms with Gasteiger partial charge in [0, 0.05) is 32.0 Å². The molecule has 330 valence electrons. The van der Waals surface area contributed by atoms with Crippen LogP contribution in [0.3, 0.4) is 0 Å². The summed E-state index contributed by atoms with van der Waals surface area (Å²) in [6, 6.07) is 10.2. The highest BCUT2D eigenvalue weighted by Crippen LogP contribution is 2.16. The van der Waals surface area contributed by atoms with Crippen LogP contribution in [0.1, 0.15) is 58.2 Å². The van der Waals surface area contributed by atoms with Crippen molar-refractivity contribution in [3.8, 4) is 0 Å². The normalized spacial score (nSPS) is 13.4. The zero-order chi connectivity index (χ0) is 45.6. The highest BCUT2D eigenvalue weighted by Gasteiger charge is 2.33. The first-order valence-corrected chi connectivity index (χ1v) is 19.4. The van der Waals surface area contributed by atoms with Crippen molar-refractivity contribution in [3.05, 3.63) is 83.9 Å². The molecule has 0 saturated heterocycles. The number of carbonyl (C=O) groups excluding carboxylic acids is 9. The van der Waals surface area contributed by atoms with Crippen molar-refractivity contribution in [2.45, 2.75) is 77.7 Å². The van der Waals surface area contributed by atoms with E-state index in [0.29, 0.717) is 11.1 Å². The molecule has 0 spiro atoms. The number of aliphatic carboxylic acids is 1. The number of hydrogen-bond donors (Lipinski definition) is 10. The lowest BCUT2D eigenvalue weighted by Crippen LogP contribution is -2.57. The number of hydrogen-bond acceptors (Lipinski definition) is 10. The van der Waals surface area contributed by atoms with Gasteiger partial charge in [-0.15, -0.1) is 0 Å². The Morgan fingerprint density at radius 2 is 1.20 bits per heavy atom. The van der Waals surface area contributed by atoms with Crippen LogP contribution in [0.15, 0.2) is 72.8 Å². The summed E-state index contributed by atoms with van der Waals surface area (Å²) < 4.78 is 0. The third kappa shape index (κ3) is 19.0. The Balaban J connectivity index is 2.08. The monoisotopic (exact) mass is 849 g/mol. The lowest BCUT2D eigenvalue weighted by atomic mass is 9.99. The fourth-order valence-electron chi connectivity index (χ4n) is 5.56. The molecule has 2 rings (SSSR count). The van der Waals surface area contributed by atoms with E-state index in [1.54, 1.807) is 74.5 Å². The minimum absolute atomic E-state index is 0.0108. The zero-order valence-electron chi connectivity index (χ0n) is 34.6. The minimum atomic E-state index is -1.49. The van der Waals surface area contributed by atoms with E-state index in [1.165, 1.54) is 6.92 Å². The summed E-state index contributed by atoms with van der Waals surface area (Å²) in [7, 11) is 0. The summed E-state index contributed by atoms with van der Waals surface area (Å²) in [6.07, 6.45) is 1.67. The number of carboxylic acid groups (broad SMARTS) is 1. The maximum absolute atomic E-state index is 13.8. The predicted octanol–water partition coefficient (Wildman–Crippen LogP) is -1.78. The molecule has 0 radical (unpaired) electrons. The van der Waals surface area contributed by atoms with Gasteiger partial charge in [-0.1, -0.05) is 88.4 Å². The molecule has 11 N–H and O–H groups in total. The van der Waals surface area contributed by atoms with E-state index in [1.807, 2.05) is 13.8 Å². The molecule has 0 aliphatic carbocycles. The van der Waals surface area contributed by atoms with Gasteiger partial charge in [0.05, 0.1) is 13.1 Å². The van der Waals surface area contributed by atoms with E-state index in [9.17, 15) is 53.1 Å². The van der Waals surface area contributed by atoms with Crippen molar-refractivity contribution in [2.75, 3.05) is 19.6 Å². The number of nitrogens with two attached hydrogens (primary N) is 1. The maximum Gasteiger partial charge on any atom is 0.326 e. The third-order valence-electron chi connectivity index (χ3n) is 8.65. The smallest absolute Gasteiger partial charge is 0.326 e. The SMILES string of the molecule is CC(=O)NCC(NC(=O)C=CC(=O)NCC(=O)NCC(=O)NC(Cc1ccccc1)C(=O)O)C(=O)NC(C(=O)NC(CC(C)C)C(=O)NC(C(N)=O)C(C)C)c1ccccc1. The number of primary amides is 1. The first-order valence-electron chi connectivity index (χ1n) is 19.4. The molecule has 2 aromatic carbocycles. The largest absolute Gasteiger partial charge is 0.480 e. The second-order valence-electron chi connectivity index (χ2n) is 14.6. The number of nitrogens with one attached hydrogen (secondary N) is 8. The van der Waals surface area contributed by atoms with Crippen molar-refractivity contribution in [2.24, 2.45) is 17.6 Å². The van der Waals surface area contributed by atoms with Crippen LogP contribution in [0, 0.1) is 11.8 Å². The fraction of sp³-hybridized carbons (Fsp3) is 0.415. The number of rotatable bonds is 24. The van der Waals surface area contributed by atoms with Crippen molar-refractivity contribution in [3.63, 3.8) is 0 Å². The molecule has 2 aromatic rings. The van der Waals surface area contributed by atoms with Gasteiger partial charge in [0.15, 0.2) is 0 Å². The Hall–Kier alpha value is -7.12. The van der Waals surface area contributed by atoms with Gasteiger partial charge in [0.1, 0.15) is 30.2 Å². The molecule has 9 amide bonds. The molecule has 0 aromatic heterocycles. The standard InChI is InChI=1S/C41H55N9O11/c1-23(2)18-28(38(57)49-35(24(3)4)37(42)56)48-40(59)36(27-14-10-7-11-15-27)50-39(58)30(20-43-25(5)51)47-32(53)17-16-31(52)44-21-33(54)45-22-34(55)46-29(41(60)61)19-26-12-8-6-9-13-26/h6-17,23-24,28-30,35-36H,18-22H2,1-5H3,(H2,42,56)(H,43,51)(H,44,52)(H,45,54)(H,46,55)(H,47,53)(H,48,59)(H,49,57)(H,50,58)(H,60,61). The molecule has 0 aliphatic heterocycles. The molecule has 20 nitrogen and oxygen atoms in total. The Kier molecular flexibility index (Phi) is 20.8. The van der Waals surface area contributed by atoms with Crippen molar-refractivity contribution in [1.29, 1.82) is 0 Å². The lowest BCUT2D eigenvalue weighted by Gasteiger charge is -2.27. The van der Waals surface area contributed by atoms with Gasteiger partial charge in [-0.3, -0.25) is 43.2 Å². The summed E-state index contributed by atoms with van der Waals surface area (Å²) in [6.45, 7) is 6.55. The highest BCUT2D eigenvalue weighted by atomic mass is 16.4. The fourth-order valence-corrected chi connectivity index (χ4v) is 5.56. The average molecular weight is 850 g/mol. The topological polar surface area (TPSA) is 313 Å². The molecule has 0 aliphatic rings. The van der Waals surface area contributed by atoms with Crippen LogP contribution in [0.2, 0.25) is 0 Å². The Morgan fingerprint density at radius 3 is 1.75 bits per heavy atom. The molecule has 0 bridgehead atoms. The molecule has 5 unspecified atom stereocenters. The molecule has 5 atom stereocenters. The van der Waals surface area contributed by atoms with E-state index < -0.39 is 109 Å². The average Bonchev–Trinajstić information content (AvgIpc) is 3.20. The molecule has 0 fully saturated rings. The Morgan fingerprint density at radius 1 is 0.623 bits per heavy atom. The van der Waals surface area contributed by atoms with Crippen LogP contribution in [-0.4, -0.2) is 108 Å². The van der Waals surface area contributed by atoms with Gasteiger partial charge in [0.25, 0.3) is 0 Å². The van der Waals surface area contributed by atoms with Crippen LogP contribution < -0.4 is 48.3 Å². The third-order valence-corrected chi connectivity index (χ3v) is 8.65. The van der Waals surface area contributed by atoms with E-state index in [0.717, 1.165) is 12.2 Å². The molecule has 0 saturated carbocycles. The van der Waals surface area contributed by atoms with Crippen LogP contribution in [0.25, 0.3) is 0 Å². The minimum Gasteiger partial charge on any atom is -0.480 e. The number of benzene rings is 2. The van der Waals surface area contributed by atoms with Gasteiger partial charge in [-0.05, 0) is 29.4 Å². The van der Waals surface area contributed by atoms with Crippen LogP contribution in [-0.2, 0) is 54.4 Å². The summed E-state index contributed by atoms with van der Waals surface area (Å²) >= 11 is 0. The predicted molar refractivity (Wildman–Crippen MR) is 220 cm³/mol. The van der Waals surface area contributed by atoms with Gasteiger partial charge in [-0.25, -0.2) is 4.79 Å². The van der Waals surface area contributed by atoms with Gasteiger partial charge in [-0.2, -0.15) is 0 Å². The Bertz CT molecular complexity index is 1910. The molecular weight excluding hydrogens is 795 g/mol. The lowest BCUT2D eigenvalue weighted by molar-refractivity contribution is -0.141. The van der Waals surface area contributed by atoms with Crippen molar-refractivity contribution in [1.82, 2.24) is 42.5 Å². The zero-order valence-corrected chi connectivity index (χ0v) is 34.6. The first-order chi connectivity index (χ1) is 28.8. The number of amides is 9. The van der Waals surface area contributed by atoms with E-state index in [2.05, 4.69) is 42.5 Å². The molecule has 20 heteroatoms. The quantitative estimate of drug-likeness (QED) is 0.0527. The van der Waals surface area contributed by atoms with Gasteiger partial charge >= 0.3 is 5.97 Å². The summed E-state index contributed by atoms with van der Waals surface area (Å²) in [5, 5.41) is 28.8. The first kappa shape index (κ1) is 50.0. The van der Waals surface area contributed by atoms with Crippen molar-refractivity contribution < 1.29 is 53.1 Å². The molecular formula is C41H55N9O11. The summed E-state index contributed by atoms with van der Waals surface area (Å²) in [5.74, 6) is -8.92.